The average Bonchev–Trinajstić information content (AvgIpc) is 2.68. The van der Waals surface area contributed by atoms with Crippen molar-refractivity contribution in [1.82, 2.24) is 0 Å². The average molecular weight is 446 g/mol. The highest BCUT2D eigenvalue weighted by Crippen LogP contribution is 2.49. The molecule has 3 aromatic rings. The van der Waals surface area contributed by atoms with E-state index in [1.165, 1.54) is 6.07 Å². The van der Waals surface area contributed by atoms with E-state index in [0.29, 0.717) is 24.3 Å². The quantitative estimate of drug-likeness (QED) is 0.267. The van der Waals surface area contributed by atoms with Crippen LogP contribution in [-0.2, 0) is 25.2 Å². The summed E-state index contributed by atoms with van der Waals surface area (Å²) in [6.07, 6.45) is -9.89. The molecule has 0 nitrogen and oxygen atoms in total. The Morgan fingerprint density at radius 1 is 0.581 bits per heavy atom. The Hall–Kier alpha value is -2.97. The van der Waals surface area contributed by atoms with Gasteiger partial charge in [-0.15, -0.1) is 0 Å². The van der Waals surface area contributed by atoms with Crippen molar-refractivity contribution >= 4 is 0 Å². The maximum absolute atomic E-state index is 13.9. The standard InChI is InChI=1S/C22H11F9/c23-16-8-13(9-17(24)20(16)25)12-6-11-5-4-10-2-1-3-14(21(26,27)28)18(10)19(11)15(7-12)22(29,30)31/h1-3,6-9H,4-5H2. The van der Waals surface area contributed by atoms with Crippen molar-refractivity contribution in [1.29, 1.82) is 0 Å². The predicted octanol–water partition coefficient (Wildman–Crippen LogP) is 7.57. The molecule has 0 aromatic heterocycles. The van der Waals surface area contributed by atoms with Crippen molar-refractivity contribution in [3.05, 3.63) is 82.2 Å². The second kappa shape index (κ2) is 7.03. The van der Waals surface area contributed by atoms with Gasteiger partial charge in [0, 0.05) is 0 Å². The molecule has 162 valence electrons. The molecule has 0 atom stereocenters. The van der Waals surface area contributed by atoms with E-state index in [9.17, 15) is 39.5 Å². The lowest BCUT2D eigenvalue weighted by molar-refractivity contribution is -0.139. The van der Waals surface area contributed by atoms with Crippen LogP contribution in [0, 0.1) is 17.5 Å². The third kappa shape index (κ3) is 3.66. The molecular weight excluding hydrogens is 435 g/mol. The summed E-state index contributed by atoms with van der Waals surface area (Å²) in [5.74, 6) is -4.96. The third-order valence-corrected chi connectivity index (χ3v) is 5.21. The van der Waals surface area contributed by atoms with Gasteiger partial charge in [-0.1, -0.05) is 18.2 Å². The van der Waals surface area contributed by atoms with Crippen LogP contribution in [0.1, 0.15) is 22.3 Å². The zero-order valence-electron chi connectivity index (χ0n) is 15.4. The highest BCUT2D eigenvalue weighted by Gasteiger charge is 2.41. The first-order valence-corrected chi connectivity index (χ1v) is 8.96. The highest BCUT2D eigenvalue weighted by atomic mass is 19.4. The van der Waals surface area contributed by atoms with Gasteiger partial charge in [-0.2, -0.15) is 26.3 Å². The molecule has 0 aliphatic heterocycles. The van der Waals surface area contributed by atoms with Crippen molar-refractivity contribution in [2.75, 3.05) is 0 Å². The fourth-order valence-electron chi connectivity index (χ4n) is 3.92. The Balaban J connectivity index is 2.04. The third-order valence-electron chi connectivity index (χ3n) is 5.21. The molecule has 1 aliphatic carbocycles. The van der Waals surface area contributed by atoms with Crippen LogP contribution in [0.4, 0.5) is 39.5 Å². The zero-order valence-corrected chi connectivity index (χ0v) is 15.4. The molecule has 0 heterocycles. The molecule has 0 saturated carbocycles. The minimum absolute atomic E-state index is 0.00722. The smallest absolute Gasteiger partial charge is 0.204 e. The van der Waals surface area contributed by atoms with E-state index in [4.69, 9.17) is 0 Å². The van der Waals surface area contributed by atoms with Crippen molar-refractivity contribution in [2.45, 2.75) is 25.2 Å². The summed E-state index contributed by atoms with van der Waals surface area (Å²) in [6, 6.07) is 5.97. The molecule has 0 N–H and O–H groups in total. The van der Waals surface area contributed by atoms with Crippen LogP contribution < -0.4 is 0 Å². The fourth-order valence-corrected chi connectivity index (χ4v) is 3.92. The first kappa shape index (κ1) is 21.3. The number of alkyl halides is 6. The van der Waals surface area contributed by atoms with E-state index in [2.05, 4.69) is 0 Å². The van der Waals surface area contributed by atoms with E-state index in [-0.39, 0.29) is 35.1 Å². The van der Waals surface area contributed by atoms with Gasteiger partial charge in [0.15, 0.2) is 17.5 Å². The van der Waals surface area contributed by atoms with Gasteiger partial charge >= 0.3 is 12.4 Å². The molecule has 4 rings (SSSR count). The molecule has 0 unspecified atom stereocenters. The Kier molecular flexibility index (Phi) is 4.83. The van der Waals surface area contributed by atoms with Gasteiger partial charge in [0.2, 0.25) is 0 Å². The van der Waals surface area contributed by atoms with Gasteiger partial charge in [0.25, 0.3) is 0 Å². The van der Waals surface area contributed by atoms with E-state index >= 15 is 0 Å². The summed E-state index contributed by atoms with van der Waals surface area (Å²) in [6.45, 7) is 0. The molecule has 1 aliphatic rings. The van der Waals surface area contributed by atoms with Gasteiger partial charge in [0.05, 0.1) is 11.1 Å². The first-order valence-electron chi connectivity index (χ1n) is 8.96. The van der Waals surface area contributed by atoms with Gasteiger partial charge in [-0.3, -0.25) is 0 Å². The monoisotopic (exact) mass is 446 g/mol. The molecule has 0 saturated heterocycles. The second-order valence-electron chi connectivity index (χ2n) is 7.15. The van der Waals surface area contributed by atoms with Crippen LogP contribution in [0.5, 0.6) is 0 Å². The Bertz CT molecular complexity index is 1160. The Labute approximate surface area is 169 Å². The lowest BCUT2D eigenvalue weighted by atomic mass is 9.79. The normalized spacial score (nSPS) is 13.7. The number of benzene rings is 3. The summed E-state index contributed by atoms with van der Waals surface area (Å²) in [4.78, 5) is 0. The highest BCUT2D eigenvalue weighted by molar-refractivity contribution is 5.83. The van der Waals surface area contributed by atoms with Gasteiger partial charge < -0.3 is 0 Å². The molecule has 3 aromatic carbocycles. The van der Waals surface area contributed by atoms with Crippen LogP contribution in [0.2, 0.25) is 0 Å². The van der Waals surface area contributed by atoms with Gasteiger partial charge in [-0.25, -0.2) is 13.2 Å². The fraction of sp³-hybridized carbons (Fsp3) is 0.182. The molecule has 9 heteroatoms. The van der Waals surface area contributed by atoms with Crippen molar-refractivity contribution in [3.63, 3.8) is 0 Å². The van der Waals surface area contributed by atoms with Crippen molar-refractivity contribution in [3.8, 4) is 22.3 Å². The minimum Gasteiger partial charge on any atom is -0.204 e. The van der Waals surface area contributed by atoms with Crippen LogP contribution in [-0.4, -0.2) is 0 Å². The maximum atomic E-state index is 13.9. The maximum Gasteiger partial charge on any atom is 0.417 e. The van der Waals surface area contributed by atoms with Crippen LogP contribution in [0.15, 0.2) is 42.5 Å². The van der Waals surface area contributed by atoms with Gasteiger partial charge in [0.1, 0.15) is 0 Å². The summed E-state index contributed by atoms with van der Waals surface area (Å²) in [5.41, 5.74) is -4.26. The van der Waals surface area contributed by atoms with Crippen molar-refractivity contribution in [2.24, 2.45) is 0 Å². The number of halogens is 9. The first-order chi connectivity index (χ1) is 14.4. The molecule has 0 radical (unpaired) electrons. The second-order valence-corrected chi connectivity index (χ2v) is 7.15. The van der Waals surface area contributed by atoms with Crippen LogP contribution >= 0.6 is 0 Å². The summed E-state index contributed by atoms with van der Waals surface area (Å²) in [5, 5.41) is 0. The molecule has 31 heavy (non-hydrogen) atoms. The largest absolute Gasteiger partial charge is 0.417 e. The van der Waals surface area contributed by atoms with Gasteiger partial charge in [-0.05, 0) is 70.5 Å². The van der Waals surface area contributed by atoms with E-state index in [1.807, 2.05) is 0 Å². The van der Waals surface area contributed by atoms with Crippen LogP contribution in [0.25, 0.3) is 22.3 Å². The molecular formula is C22H11F9. The van der Waals surface area contributed by atoms with E-state index in [0.717, 1.165) is 12.1 Å². The van der Waals surface area contributed by atoms with Crippen LogP contribution in [0.3, 0.4) is 0 Å². The predicted molar refractivity (Wildman–Crippen MR) is 94.6 cm³/mol. The Morgan fingerprint density at radius 2 is 1.10 bits per heavy atom. The van der Waals surface area contributed by atoms with E-state index < -0.39 is 52.1 Å². The SMILES string of the molecule is Fc1cc(-c2cc3c(c(C(F)(F)F)c2)-c2c(cccc2C(F)(F)F)CC3)cc(F)c1F. The lowest BCUT2D eigenvalue weighted by Gasteiger charge is -2.27. The Morgan fingerprint density at radius 3 is 1.68 bits per heavy atom. The zero-order chi connectivity index (χ0) is 22.7. The number of hydrogen-bond acceptors (Lipinski definition) is 0. The van der Waals surface area contributed by atoms with Crippen molar-refractivity contribution < 1.29 is 39.5 Å². The minimum atomic E-state index is -5.05. The summed E-state index contributed by atoms with van der Waals surface area (Å²) < 4.78 is 123. The number of rotatable bonds is 1. The number of aryl methyl sites for hydroxylation is 2. The molecule has 0 bridgehead atoms. The number of hydrogen-bond donors (Lipinski definition) is 0. The topological polar surface area (TPSA) is 0 Å². The van der Waals surface area contributed by atoms with E-state index in [1.54, 1.807) is 0 Å². The molecule has 0 fully saturated rings. The summed E-state index contributed by atoms with van der Waals surface area (Å²) in [7, 11) is 0. The molecule has 0 spiro atoms. The number of fused-ring (bicyclic) bond motifs is 3. The lowest BCUT2D eigenvalue weighted by Crippen LogP contribution is -2.17. The molecule has 0 amide bonds. The summed E-state index contributed by atoms with van der Waals surface area (Å²) >= 11 is 0.